The fourth-order valence-electron chi connectivity index (χ4n) is 3.32. The van der Waals surface area contributed by atoms with Crippen molar-refractivity contribution in [3.05, 3.63) is 16.7 Å². The second-order valence-electron chi connectivity index (χ2n) is 12.1. The summed E-state index contributed by atoms with van der Waals surface area (Å²) >= 11 is 0. The average Bonchev–Trinajstić information content (AvgIpc) is 2.77. The highest BCUT2D eigenvalue weighted by molar-refractivity contribution is 6.08. The molecule has 0 unspecified atom stereocenters. The lowest BCUT2D eigenvalue weighted by Crippen LogP contribution is -2.44. The van der Waals surface area contributed by atoms with Gasteiger partial charge in [0.25, 0.3) is 0 Å². The van der Waals surface area contributed by atoms with E-state index in [4.69, 9.17) is 18.9 Å². The van der Waals surface area contributed by atoms with Crippen molar-refractivity contribution in [1.29, 1.82) is 0 Å². The topological polar surface area (TPSA) is 181 Å². The summed E-state index contributed by atoms with van der Waals surface area (Å²) in [6.07, 6.45) is -1.76. The molecule has 2 rings (SSSR count). The summed E-state index contributed by atoms with van der Waals surface area (Å²) in [5.74, 6) is -1.13. The molecule has 1 N–H and O–H groups in total. The van der Waals surface area contributed by atoms with Crippen molar-refractivity contribution in [2.45, 2.75) is 105 Å². The molecule has 0 spiro atoms. The molecule has 42 heavy (non-hydrogen) atoms. The Bertz CT molecular complexity index is 1360. The van der Waals surface area contributed by atoms with E-state index in [0.29, 0.717) is 4.90 Å². The van der Waals surface area contributed by atoms with E-state index in [9.17, 15) is 24.0 Å². The Morgan fingerprint density at radius 2 is 1.43 bits per heavy atom. The van der Waals surface area contributed by atoms with Gasteiger partial charge >= 0.3 is 29.9 Å². The first kappa shape index (κ1) is 33.9. The standard InChI is InChI=1S/C27H40N6O9/c1-11-39-17(34)13-12-14-32-19-16(18(29-21(32)35)30-22(36)40-25(2,3)4)15-28-20(31-19)33(23(37)41-26(5,6)7)24(38)42-27(8,9)10/h15H,11-14H2,1-10H3,(H,29,30,35,36). The lowest BCUT2D eigenvalue weighted by molar-refractivity contribution is -0.143. The van der Waals surface area contributed by atoms with Gasteiger partial charge in [0.15, 0.2) is 11.5 Å². The number of aryl methyl sites for hydroxylation is 1. The molecular weight excluding hydrogens is 552 g/mol. The van der Waals surface area contributed by atoms with Crippen LogP contribution >= 0.6 is 0 Å². The van der Waals surface area contributed by atoms with Crippen LogP contribution in [-0.4, -0.2) is 67.2 Å². The number of carbonyl (C=O) groups excluding carboxylic acids is 4. The number of rotatable bonds is 7. The third kappa shape index (κ3) is 10.3. The number of fused-ring (bicyclic) bond motifs is 1. The second kappa shape index (κ2) is 13.1. The number of hydrogen-bond acceptors (Lipinski definition) is 12. The predicted octanol–water partition coefficient (Wildman–Crippen LogP) is 4.55. The van der Waals surface area contributed by atoms with E-state index in [0.717, 1.165) is 4.57 Å². The highest BCUT2D eigenvalue weighted by Gasteiger charge is 2.35. The maximum absolute atomic E-state index is 13.1. The van der Waals surface area contributed by atoms with Gasteiger partial charge in [-0.2, -0.15) is 9.97 Å². The summed E-state index contributed by atoms with van der Waals surface area (Å²) in [5, 5.41) is 2.51. The monoisotopic (exact) mass is 592 g/mol. The zero-order valence-corrected chi connectivity index (χ0v) is 25.8. The number of amides is 3. The highest BCUT2D eigenvalue weighted by atomic mass is 16.6. The number of anilines is 2. The van der Waals surface area contributed by atoms with Gasteiger partial charge in [0.05, 0.1) is 12.0 Å². The highest BCUT2D eigenvalue weighted by Crippen LogP contribution is 2.24. The molecule has 0 atom stereocenters. The number of carbonyl (C=O) groups is 4. The van der Waals surface area contributed by atoms with E-state index < -0.39 is 52.7 Å². The quantitative estimate of drug-likeness (QED) is 0.350. The number of imide groups is 1. The maximum atomic E-state index is 13.1. The largest absolute Gasteiger partial charge is 0.466 e. The van der Waals surface area contributed by atoms with Crippen LogP contribution in [0.2, 0.25) is 0 Å². The summed E-state index contributed by atoms with van der Waals surface area (Å²) < 4.78 is 22.1. The summed E-state index contributed by atoms with van der Waals surface area (Å²) in [5.41, 5.74) is -3.74. The molecule has 232 valence electrons. The number of nitrogens with zero attached hydrogens (tertiary/aromatic N) is 5. The van der Waals surface area contributed by atoms with Crippen LogP contribution in [0.5, 0.6) is 0 Å². The van der Waals surface area contributed by atoms with E-state index >= 15 is 0 Å². The Hall–Kier alpha value is -4.30. The van der Waals surface area contributed by atoms with Gasteiger partial charge in [-0.05, 0) is 75.7 Å². The maximum Gasteiger partial charge on any atom is 0.427 e. The van der Waals surface area contributed by atoms with Gasteiger partial charge in [-0.25, -0.2) is 24.2 Å². The third-order valence-electron chi connectivity index (χ3n) is 4.74. The van der Waals surface area contributed by atoms with Gasteiger partial charge in [-0.3, -0.25) is 14.7 Å². The molecule has 0 bridgehead atoms. The van der Waals surface area contributed by atoms with Crippen LogP contribution in [0, 0.1) is 0 Å². The lowest BCUT2D eigenvalue weighted by Gasteiger charge is -2.27. The van der Waals surface area contributed by atoms with Gasteiger partial charge in [-0.15, -0.1) is 4.90 Å². The SMILES string of the molecule is CCOC(=O)CCCn1c(=O)nc(NC(=O)OC(C)(C)C)c2cnc(N(C(=O)OC(C)(C)C)C(=O)OC(C)(C)C)nc21. The lowest BCUT2D eigenvalue weighted by atomic mass is 10.2. The summed E-state index contributed by atoms with van der Waals surface area (Å²) in [4.78, 5) is 76.7. The molecule has 3 amide bonds. The molecule has 2 aromatic heterocycles. The van der Waals surface area contributed by atoms with Crippen molar-refractivity contribution >= 4 is 47.0 Å². The number of ether oxygens (including phenoxy) is 4. The minimum Gasteiger partial charge on any atom is -0.466 e. The fraction of sp³-hybridized carbons (Fsp3) is 0.630. The van der Waals surface area contributed by atoms with Crippen LogP contribution in [0.4, 0.5) is 26.1 Å². The molecule has 0 fully saturated rings. The smallest absolute Gasteiger partial charge is 0.427 e. The van der Waals surface area contributed by atoms with Crippen LogP contribution in [0.25, 0.3) is 11.0 Å². The van der Waals surface area contributed by atoms with Crippen LogP contribution in [0.3, 0.4) is 0 Å². The van der Waals surface area contributed by atoms with Gasteiger partial charge in [-0.1, -0.05) is 0 Å². The summed E-state index contributed by atoms with van der Waals surface area (Å²) in [6.45, 7) is 16.5. The number of aromatic nitrogens is 4. The summed E-state index contributed by atoms with van der Waals surface area (Å²) in [7, 11) is 0. The van der Waals surface area contributed by atoms with Gasteiger partial charge in [0, 0.05) is 19.2 Å². The Labute approximate surface area is 243 Å². The molecule has 0 aliphatic heterocycles. The number of esters is 1. The van der Waals surface area contributed by atoms with E-state index in [2.05, 4.69) is 20.3 Å². The number of hydrogen-bond donors (Lipinski definition) is 1. The Morgan fingerprint density at radius 1 is 0.881 bits per heavy atom. The van der Waals surface area contributed by atoms with Crippen molar-refractivity contribution in [2.75, 3.05) is 16.8 Å². The number of nitrogens with one attached hydrogen (secondary N) is 1. The summed E-state index contributed by atoms with van der Waals surface area (Å²) in [6, 6.07) is 0. The van der Waals surface area contributed by atoms with Crippen LogP contribution in [0.1, 0.15) is 82.1 Å². The zero-order valence-electron chi connectivity index (χ0n) is 25.8. The first-order chi connectivity index (χ1) is 19.2. The molecular formula is C27H40N6O9. The molecule has 15 heteroatoms. The van der Waals surface area contributed by atoms with E-state index in [1.165, 1.54) is 6.20 Å². The minimum atomic E-state index is -1.12. The Balaban J connectivity index is 2.71. The third-order valence-corrected chi connectivity index (χ3v) is 4.74. The first-order valence-electron chi connectivity index (χ1n) is 13.4. The van der Waals surface area contributed by atoms with Crippen LogP contribution < -0.4 is 15.9 Å². The molecule has 15 nitrogen and oxygen atoms in total. The molecule has 0 saturated heterocycles. The first-order valence-corrected chi connectivity index (χ1v) is 13.4. The van der Waals surface area contributed by atoms with Crippen LogP contribution in [-0.2, 0) is 30.3 Å². The Morgan fingerprint density at radius 3 is 1.93 bits per heavy atom. The van der Waals surface area contributed by atoms with Crippen molar-refractivity contribution in [2.24, 2.45) is 0 Å². The van der Waals surface area contributed by atoms with Gasteiger partial charge < -0.3 is 18.9 Å². The van der Waals surface area contributed by atoms with Gasteiger partial charge in [0.1, 0.15) is 16.8 Å². The molecule has 2 aromatic rings. The molecule has 0 saturated carbocycles. The van der Waals surface area contributed by atoms with Crippen molar-refractivity contribution < 1.29 is 38.1 Å². The predicted molar refractivity (Wildman–Crippen MR) is 152 cm³/mol. The zero-order chi connectivity index (χ0) is 32.0. The molecule has 0 aliphatic carbocycles. The van der Waals surface area contributed by atoms with Crippen LogP contribution in [0.15, 0.2) is 11.0 Å². The van der Waals surface area contributed by atoms with E-state index in [1.807, 2.05) is 0 Å². The van der Waals surface area contributed by atoms with E-state index in [1.54, 1.807) is 69.2 Å². The van der Waals surface area contributed by atoms with Crippen molar-refractivity contribution in [1.82, 2.24) is 19.5 Å². The molecule has 0 aromatic carbocycles. The Kier molecular flexibility index (Phi) is 10.6. The normalized spacial score (nSPS) is 12.0. The minimum absolute atomic E-state index is 0.000430. The molecule has 0 aliphatic rings. The van der Waals surface area contributed by atoms with Crippen molar-refractivity contribution in [3.63, 3.8) is 0 Å². The van der Waals surface area contributed by atoms with Crippen molar-refractivity contribution in [3.8, 4) is 0 Å². The van der Waals surface area contributed by atoms with Gasteiger partial charge in [0.2, 0.25) is 5.95 Å². The van der Waals surface area contributed by atoms with E-state index in [-0.39, 0.29) is 42.8 Å². The second-order valence-corrected chi connectivity index (χ2v) is 12.1. The molecule has 0 radical (unpaired) electrons. The molecule has 2 heterocycles. The average molecular weight is 593 g/mol. The fourth-order valence-corrected chi connectivity index (χ4v) is 3.32.